The Labute approximate surface area is 117 Å². The summed E-state index contributed by atoms with van der Waals surface area (Å²) in [5.41, 5.74) is -0.317. The summed E-state index contributed by atoms with van der Waals surface area (Å²) in [5.74, 6) is -0.236. The van der Waals surface area contributed by atoms with E-state index in [1.54, 1.807) is 7.05 Å². The summed E-state index contributed by atoms with van der Waals surface area (Å²) in [6.45, 7) is 3.95. The van der Waals surface area contributed by atoms with Crippen molar-refractivity contribution in [2.45, 2.75) is 33.2 Å². The number of aromatic nitrogens is 1. The monoisotopic (exact) mass is 281 g/mol. The molecule has 0 saturated heterocycles. The molecule has 0 bridgehead atoms. The van der Waals surface area contributed by atoms with Crippen LogP contribution in [0.1, 0.15) is 25.3 Å². The van der Waals surface area contributed by atoms with Crippen LogP contribution >= 0.6 is 0 Å². The summed E-state index contributed by atoms with van der Waals surface area (Å²) in [7, 11) is 1.66. The molecule has 1 aromatic heterocycles. The van der Waals surface area contributed by atoms with Crippen LogP contribution in [0.25, 0.3) is 0 Å². The SMILES string of the molecule is CCCCN(C)C(=O)Cn1cc([N+](=O)[O-])cc(C)c1=O. The third kappa shape index (κ3) is 3.91. The summed E-state index contributed by atoms with van der Waals surface area (Å²) in [6.07, 6.45) is 2.96. The van der Waals surface area contributed by atoms with E-state index < -0.39 is 4.92 Å². The second kappa shape index (κ2) is 6.83. The van der Waals surface area contributed by atoms with Crippen molar-refractivity contribution in [2.75, 3.05) is 13.6 Å². The van der Waals surface area contributed by atoms with E-state index >= 15 is 0 Å². The van der Waals surface area contributed by atoms with E-state index in [0.29, 0.717) is 6.54 Å². The fourth-order valence-electron chi connectivity index (χ4n) is 1.77. The van der Waals surface area contributed by atoms with Gasteiger partial charge in [-0.1, -0.05) is 13.3 Å². The van der Waals surface area contributed by atoms with Gasteiger partial charge >= 0.3 is 0 Å². The molecule has 0 saturated carbocycles. The molecule has 0 atom stereocenters. The highest BCUT2D eigenvalue weighted by atomic mass is 16.6. The molecule has 0 spiro atoms. The maximum Gasteiger partial charge on any atom is 0.286 e. The fourth-order valence-corrected chi connectivity index (χ4v) is 1.77. The Hall–Kier alpha value is -2.18. The van der Waals surface area contributed by atoms with Crippen LogP contribution in [0, 0.1) is 17.0 Å². The molecule has 0 aliphatic carbocycles. The number of carbonyl (C=O) groups excluding carboxylic acids is 1. The normalized spacial score (nSPS) is 10.3. The molecule has 1 heterocycles. The number of hydrogen-bond acceptors (Lipinski definition) is 4. The molecule has 20 heavy (non-hydrogen) atoms. The summed E-state index contributed by atoms with van der Waals surface area (Å²) in [4.78, 5) is 35.6. The molecule has 1 aromatic rings. The third-order valence-electron chi connectivity index (χ3n) is 3.04. The number of nitrogens with zero attached hydrogens (tertiary/aromatic N) is 3. The average molecular weight is 281 g/mol. The lowest BCUT2D eigenvalue weighted by molar-refractivity contribution is -0.385. The Balaban J connectivity index is 2.94. The molecule has 0 aliphatic heterocycles. The first-order valence-corrected chi connectivity index (χ1v) is 6.46. The highest BCUT2D eigenvalue weighted by molar-refractivity contribution is 5.75. The third-order valence-corrected chi connectivity index (χ3v) is 3.04. The first-order valence-electron chi connectivity index (χ1n) is 6.46. The van der Waals surface area contributed by atoms with E-state index in [0.717, 1.165) is 23.6 Å². The lowest BCUT2D eigenvalue weighted by Crippen LogP contribution is -2.34. The first-order chi connectivity index (χ1) is 9.36. The van der Waals surface area contributed by atoms with Crippen molar-refractivity contribution in [3.05, 3.63) is 38.3 Å². The lowest BCUT2D eigenvalue weighted by atomic mass is 10.2. The van der Waals surface area contributed by atoms with Crippen molar-refractivity contribution in [1.29, 1.82) is 0 Å². The van der Waals surface area contributed by atoms with Gasteiger partial charge in [-0.15, -0.1) is 0 Å². The summed E-state index contributed by atoms with van der Waals surface area (Å²) >= 11 is 0. The number of likely N-dealkylation sites (N-methyl/N-ethyl adjacent to an activating group) is 1. The van der Waals surface area contributed by atoms with Crippen molar-refractivity contribution in [1.82, 2.24) is 9.47 Å². The van der Waals surface area contributed by atoms with Crippen LogP contribution < -0.4 is 5.56 Å². The summed E-state index contributed by atoms with van der Waals surface area (Å²) in [5, 5.41) is 10.8. The maximum atomic E-state index is 12.0. The van der Waals surface area contributed by atoms with E-state index in [2.05, 4.69) is 0 Å². The van der Waals surface area contributed by atoms with Gasteiger partial charge < -0.3 is 4.90 Å². The van der Waals surface area contributed by atoms with Gasteiger partial charge in [0, 0.05) is 25.2 Å². The van der Waals surface area contributed by atoms with Gasteiger partial charge in [-0.25, -0.2) is 0 Å². The minimum Gasteiger partial charge on any atom is -0.344 e. The zero-order chi connectivity index (χ0) is 15.3. The maximum absolute atomic E-state index is 12.0. The standard InChI is InChI=1S/C13H19N3O4/c1-4-5-6-14(3)12(17)9-15-8-11(16(19)20)7-10(2)13(15)18/h7-8H,4-6,9H2,1-3H3. The molecule has 0 unspecified atom stereocenters. The highest BCUT2D eigenvalue weighted by Gasteiger charge is 2.15. The van der Waals surface area contributed by atoms with Crippen LogP contribution in [-0.2, 0) is 11.3 Å². The van der Waals surface area contributed by atoms with Gasteiger partial charge in [0.15, 0.2) is 0 Å². The van der Waals surface area contributed by atoms with E-state index in [4.69, 9.17) is 0 Å². The molecular formula is C13H19N3O4. The molecule has 1 amide bonds. The van der Waals surface area contributed by atoms with Gasteiger partial charge in [0.1, 0.15) is 6.54 Å². The predicted octanol–water partition coefficient (Wildman–Crippen LogP) is 1.32. The highest BCUT2D eigenvalue weighted by Crippen LogP contribution is 2.09. The lowest BCUT2D eigenvalue weighted by Gasteiger charge is -2.17. The Kier molecular flexibility index (Phi) is 5.42. The number of unbranched alkanes of at least 4 members (excludes halogenated alkanes) is 1. The number of rotatable bonds is 6. The quantitative estimate of drug-likeness (QED) is 0.581. The van der Waals surface area contributed by atoms with Crippen molar-refractivity contribution < 1.29 is 9.72 Å². The summed E-state index contributed by atoms with van der Waals surface area (Å²) < 4.78 is 1.10. The van der Waals surface area contributed by atoms with E-state index in [1.807, 2.05) is 6.92 Å². The van der Waals surface area contributed by atoms with Crippen molar-refractivity contribution in [3.8, 4) is 0 Å². The zero-order valence-corrected chi connectivity index (χ0v) is 12.0. The topological polar surface area (TPSA) is 85.4 Å². The molecule has 7 heteroatoms. The molecule has 0 aromatic carbocycles. The molecule has 0 fully saturated rings. The summed E-state index contributed by atoms with van der Waals surface area (Å²) in [6, 6.07) is 1.21. The molecule has 0 N–H and O–H groups in total. The molecule has 1 rings (SSSR count). The van der Waals surface area contributed by atoms with E-state index in [1.165, 1.54) is 17.9 Å². The number of amides is 1. The van der Waals surface area contributed by atoms with Crippen molar-refractivity contribution in [2.24, 2.45) is 0 Å². The molecular weight excluding hydrogens is 262 g/mol. The zero-order valence-electron chi connectivity index (χ0n) is 12.0. The number of carbonyl (C=O) groups is 1. The Morgan fingerprint density at radius 3 is 2.70 bits per heavy atom. The molecule has 0 radical (unpaired) electrons. The minimum absolute atomic E-state index is 0.179. The smallest absolute Gasteiger partial charge is 0.286 e. The Morgan fingerprint density at radius 2 is 2.15 bits per heavy atom. The van der Waals surface area contributed by atoms with Crippen molar-refractivity contribution in [3.63, 3.8) is 0 Å². The van der Waals surface area contributed by atoms with Crippen LogP contribution in [0.3, 0.4) is 0 Å². The average Bonchev–Trinajstić information content (AvgIpc) is 2.40. The van der Waals surface area contributed by atoms with E-state index in [-0.39, 0.29) is 29.3 Å². The van der Waals surface area contributed by atoms with Gasteiger partial charge in [-0.2, -0.15) is 0 Å². The molecule has 0 aliphatic rings. The predicted molar refractivity (Wildman–Crippen MR) is 74.6 cm³/mol. The number of hydrogen-bond donors (Lipinski definition) is 0. The number of pyridine rings is 1. The van der Waals surface area contributed by atoms with Crippen LogP contribution in [-0.4, -0.2) is 33.9 Å². The Bertz CT molecular complexity index is 565. The van der Waals surface area contributed by atoms with Gasteiger partial charge in [-0.05, 0) is 13.3 Å². The number of aryl methyl sites for hydroxylation is 1. The van der Waals surface area contributed by atoms with Gasteiger partial charge in [0.25, 0.3) is 11.2 Å². The molecule has 110 valence electrons. The van der Waals surface area contributed by atoms with E-state index in [9.17, 15) is 19.7 Å². The fraction of sp³-hybridized carbons (Fsp3) is 0.538. The van der Waals surface area contributed by atoms with Gasteiger partial charge in [0.2, 0.25) is 5.91 Å². The van der Waals surface area contributed by atoms with Gasteiger partial charge in [-0.3, -0.25) is 24.3 Å². The minimum atomic E-state index is -0.575. The second-order valence-corrected chi connectivity index (χ2v) is 4.74. The largest absolute Gasteiger partial charge is 0.344 e. The van der Waals surface area contributed by atoms with Crippen LogP contribution in [0.4, 0.5) is 5.69 Å². The second-order valence-electron chi connectivity index (χ2n) is 4.74. The van der Waals surface area contributed by atoms with Crippen LogP contribution in [0.15, 0.2) is 17.1 Å². The first kappa shape index (κ1) is 15.9. The van der Waals surface area contributed by atoms with Crippen molar-refractivity contribution >= 4 is 11.6 Å². The number of nitro groups is 1. The van der Waals surface area contributed by atoms with Crippen LogP contribution in [0.2, 0.25) is 0 Å². The van der Waals surface area contributed by atoms with Gasteiger partial charge in [0.05, 0.1) is 11.1 Å². The molecule has 7 nitrogen and oxygen atoms in total. The van der Waals surface area contributed by atoms with Crippen LogP contribution in [0.5, 0.6) is 0 Å². The Morgan fingerprint density at radius 1 is 1.50 bits per heavy atom.